The van der Waals surface area contributed by atoms with Gasteiger partial charge in [0.25, 0.3) is 0 Å². The van der Waals surface area contributed by atoms with Crippen LogP contribution in [0.5, 0.6) is 0 Å². The van der Waals surface area contributed by atoms with Gasteiger partial charge >= 0.3 is 0 Å². The summed E-state index contributed by atoms with van der Waals surface area (Å²) in [6.07, 6.45) is 1.81. The minimum Gasteiger partial charge on any atom is -0.351 e. The highest BCUT2D eigenvalue weighted by Crippen LogP contribution is 2.03. The highest BCUT2D eigenvalue weighted by molar-refractivity contribution is 7.80. The maximum atomic E-state index is 4.76. The molecule has 1 heterocycles. The maximum absolute atomic E-state index is 4.76. The molecule has 3 heteroatoms. The summed E-state index contributed by atoms with van der Waals surface area (Å²) in [5.41, 5.74) is -0.0168. The Morgan fingerprint density at radius 3 is 2.50 bits per heavy atom. The van der Waals surface area contributed by atoms with Crippen LogP contribution in [0.1, 0.15) is 13.8 Å². The van der Waals surface area contributed by atoms with E-state index in [1.54, 1.807) is 0 Å². The van der Waals surface area contributed by atoms with Crippen molar-refractivity contribution in [2.24, 2.45) is 4.99 Å². The minimum absolute atomic E-state index is 0.0168. The molecule has 0 spiro atoms. The van der Waals surface area contributed by atoms with E-state index < -0.39 is 0 Å². The second-order valence-electron chi connectivity index (χ2n) is 2.41. The van der Waals surface area contributed by atoms with Crippen molar-refractivity contribution in [1.29, 1.82) is 0 Å². The van der Waals surface area contributed by atoms with Crippen molar-refractivity contribution in [3.8, 4) is 0 Å². The molecule has 0 atom stereocenters. The second kappa shape index (κ2) is 1.52. The van der Waals surface area contributed by atoms with Gasteiger partial charge in [-0.1, -0.05) is 0 Å². The molecule has 1 N–H and O–H groups in total. The van der Waals surface area contributed by atoms with Crippen molar-refractivity contribution >= 4 is 23.5 Å². The summed E-state index contributed by atoms with van der Waals surface area (Å²) in [5.74, 6) is 0. The fourth-order valence-corrected chi connectivity index (χ4v) is 0.876. The van der Waals surface area contributed by atoms with Crippen molar-refractivity contribution in [2.45, 2.75) is 19.4 Å². The molecule has 8 heavy (non-hydrogen) atoms. The Kier molecular flexibility index (Phi) is 1.08. The first-order valence-corrected chi connectivity index (χ1v) is 2.88. The van der Waals surface area contributed by atoms with Crippen molar-refractivity contribution in [1.82, 2.24) is 5.32 Å². The third-order valence-corrected chi connectivity index (χ3v) is 1.14. The fourth-order valence-electron chi connectivity index (χ4n) is 0.560. The van der Waals surface area contributed by atoms with E-state index >= 15 is 0 Å². The van der Waals surface area contributed by atoms with Crippen LogP contribution >= 0.6 is 12.2 Å². The van der Waals surface area contributed by atoms with Crippen LogP contribution in [-0.4, -0.2) is 16.9 Å². The lowest BCUT2D eigenvalue weighted by Gasteiger charge is -2.12. The van der Waals surface area contributed by atoms with Crippen LogP contribution in [0.15, 0.2) is 4.99 Å². The third-order valence-electron chi connectivity index (χ3n) is 0.934. The van der Waals surface area contributed by atoms with Crippen molar-refractivity contribution < 1.29 is 0 Å². The van der Waals surface area contributed by atoms with Gasteiger partial charge in [0, 0.05) is 6.21 Å². The summed E-state index contributed by atoms with van der Waals surface area (Å²) in [6, 6.07) is 0. The zero-order valence-electron chi connectivity index (χ0n) is 4.93. The summed E-state index contributed by atoms with van der Waals surface area (Å²) in [7, 11) is 0. The first-order chi connectivity index (χ1) is 3.60. The molecule has 0 aromatic rings. The molecule has 0 amide bonds. The van der Waals surface area contributed by atoms with Crippen molar-refractivity contribution in [3.63, 3.8) is 0 Å². The molecule has 0 unspecified atom stereocenters. The Labute approximate surface area is 54.0 Å². The predicted octanol–water partition coefficient (Wildman–Crippen LogP) is 0.724. The summed E-state index contributed by atoms with van der Waals surface area (Å²) in [6.45, 7) is 4.05. The van der Waals surface area contributed by atoms with Crippen LogP contribution in [0.3, 0.4) is 0 Å². The van der Waals surface area contributed by atoms with Gasteiger partial charge in [0.05, 0.1) is 5.54 Å². The Morgan fingerprint density at radius 1 is 1.75 bits per heavy atom. The number of hydrogen-bond acceptors (Lipinski definition) is 1. The summed E-state index contributed by atoms with van der Waals surface area (Å²) in [5, 5.41) is 3.59. The van der Waals surface area contributed by atoms with E-state index in [0.717, 1.165) is 0 Å². The van der Waals surface area contributed by atoms with Gasteiger partial charge in [-0.2, -0.15) is 0 Å². The molecule has 0 bridgehead atoms. The van der Waals surface area contributed by atoms with Crippen molar-refractivity contribution in [3.05, 3.63) is 0 Å². The predicted molar refractivity (Wildman–Crippen MR) is 38.3 cm³/mol. The Hall–Kier alpha value is -0.440. The van der Waals surface area contributed by atoms with Gasteiger partial charge in [-0.3, -0.25) is 0 Å². The third kappa shape index (κ3) is 1.04. The number of aliphatic imine (C=N–C) groups is 1. The van der Waals surface area contributed by atoms with Crippen LogP contribution in [0.25, 0.3) is 0 Å². The van der Waals surface area contributed by atoms with E-state index in [4.69, 9.17) is 12.2 Å². The fraction of sp³-hybridized carbons (Fsp3) is 0.600. The molecule has 2 nitrogen and oxygen atoms in total. The number of nitrogens with one attached hydrogen (secondary N) is 1. The molecule has 1 rings (SSSR count). The van der Waals surface area contributed by atoms with Gasteiger partial charge in [-0.25, -0.2) is 4.99 Å². The summed E-state index contributed by atoms with van der Waals surface area (Å²) in [4.78, 5) is 3.88. The van der Waals surface area contributed by atoms with Gasteiger partial charge in [-0.05, 0) is 26.1 Å². The number of thiocarbonyl (C=S) groups is 1. The lowest BCUT2D eigenvalue weighted by molar-refractivity contribution is 0.650. The molecule has 1 aliphatic rings. The van der Waals surface area contributed by atoms with Gasteiger partial charge in [0.1, 0.15) is 0 Å². The quantitative estimate of drug-likeness (QED) is 0.486. The lowest BCUT2D eigenvalue weighted by Crippen LogP contribution is -2.37. The molecule has 0 aliphatic carbocycles. The van der Waals surface area contributed by atoms with Gasteiger partial charge in [-0.15, -0.1) is 0 Å². The highest BCUT2D eigenvalue weighted by Gasteiger charge is 2.19. The smallest absolute Gasteiger partial charge is 0.193 e. The molecule has 0 saturated heterocycles. The highest BCUT2D eigenvalue weighted by atomic mass is 32.1. The van der Waals surface area contributed by atoms with Gasteiger partial charge in [0.2, 0.25) is 0 Å². The minimum atomic E-state index is -0.0168. The standard InChI is InChI=1S/C5H8N2S/c1-5(2)3-6-4(8)7-5/h3H,1-2H3,(H,7,8). The van der Waals surface area contributed by atoms with Gasteiger partial charge < -0.3 is 5.32 Å². The summed E-state index contributed by atoms with van der Waals surface area (Å²) >= 11 is 4.76. The van der Waals surface area contributed by atoms with E-state index in [2.05, 4.69) is 10.3 Å². The second-order valence-corrected chi connectivity index (χ2v) is 2.80. The van der Waals surface area contributed by atoms with Crippen molar-refractivity contribution in [2.75, 3.05) is 0 Å². The van der Waals surface area contributed by atoms with E-state index in [9.17, 15) is 0 Å². The van der Waals surface area contributed by atoms with Crippen LogP contribution < -0.4 is 5.32 Å². The molecular formula is C5H8N2S. The maximum Gasteiger partial charge on any atom is 0.193 e. The van der Waals surface area contributed by atoms with E-state index in [-0.39, 0.29) is 5.54 Å². The van der Waals surface area contributed by atoms with E-state index in [1.165, 1.54) is 0 Å². The summed E-state index contributed by atoms with van der Waals surface area (Å²) < 4.78 is 0. The largest absolute Gasteiger partial charge is 0.351 e. The first-order valence-electron chi connectivity index (χ1n) is 2.47. The topological polar surface area (TPSA) is 24.4 Å². The molecular weight excluding hydrogens is 120 g/mol. The molecule has 0 saturated carbocycles. The van der Waals surface area contributed by atoms with E-state index in [1.807, 2.05) is 20.1 Å². The Morgan fingerprint density at radius 2 is 2.38 bits per heavy atom. The first kappa shape index (κ1) is 5.69. The average molecular weight is 128 g/mol. The van der Waals surface area contributed by atoms with Crippen LogP contribution in [0.2, 0.25) is 0 Å². The number of nitrogens with zero attached hydrogens (tertiary/aromatic N) is 1. The number of rotatable bonds is 0. The molecule has 0 radical (unpaired) electrons. The molecule has 0 aromatic heterocycles. The monoisotopic (exact) mass is 128 g/mol. The zero-order chi connectivity index (χ0) is 6.20. The zero-order valence-corrected chi connectivity index (χ0v) is 5.75. The number of hydrogen-bond donors (Lipinski definition) is 1. The Balaban J connectivity index is 2.72. The Bertz CT molecular complexity index is 149. The average Bonchev–Trinajstić information content (AvgIpc) is 1.82. The molecule has 1 aliphatic heterocycles. The molecule has 0 aromatic carbocycles. The van der Waals surface area contributed by atoms with Crippen LogP contribution in [-0.2, 0) is 0 Å². The lowest BCUT2D eigenvalue weighted by atomic mass is 10.1. The van der Waals surface area contributed by atoms with Crippen LogP contribution in [0.4, 0.5) is 0 Å². The molecule has 0 fully saturated rings. The van der Waals surface area contributed by atoms with Gasteiger partial charge in [0.15, 0.2) is 5.11 Å². The SMILES string of the molecule is CC1(C)C=NC(=S)N1. The van der Waals surface area contributed by atoms with Crippen LogP contribution in [0, 0.1) is 0 Å². The molecule has 44 valence electrons. The van der Waals surface area contributed by atoms with E-state index in [0.29, 0.717) is 5.11 Å². The normalized spacial score (nSPS) is 23.5.